The van der Waals surface area contributed by atoms with Crippen molar-refractivity contribution in [2.24, 2.45) is 5.92 Å². The smallest absolute Gasteiger partial charge is 0.0972 e. The average Bonchev–Trinajstić information content (AvgIpc) is 2.31. The standard InChI is InChI=1S/C12H22N2O/c1-14-12(9-13)7-8-15-10-11-5-3-2-4-6-11/h11-12,14H,2-8,10H2,1H3. The highest BCUT2D eigenvalue weighted by Gasteiger charge is 2.13. The van der Waals surface area contributed by atoms with Crippen molar-refractivity contribution >= 4 is 0 Å². The van der Waals surface area contributed by atoms with E-state index in [0.717, 1.165) is 18.9 Å². The molecule has 1 N–H and O–H groups in total. The Morgan fingerprint density at radius 1 is 1.40 bits per heavy atom. The normalized spacial score (nSPS) is 19.7. The van der Waals surface area contributed by atoms with E-state index in [1.807, 2.05) is 7.05 Å². The third-order valence-corrected chi connectivity index (χ3v) is 3.13. The van der Waals surface area contributed by atoms with Crippen LogP contribution in [-0.4, -0.2) is 26.3 Å². The number of rotatable bonds is 6. The first kappa shape index (κ1) is 12.5. The molecule has 86 valence electrons. The molecule has 1 aliphatic carbocycles. The average molecular weight is 210 g/mol. The van der Waals surface area contributed by atoms with Crippen molar-refractivity contribution in [2.45, 2.75) is 44.6 Å². The molecule has 1 atom stereocenters. The van der Waals surface area contributed by atoms with E-state index in [1.54, 1.807) is 0 Å². The van der Waals surface area contributed by atoms with Crippen LogP contribution < -0.4 is 5.32 Å². The van der Waals surface area contributed by atoms with Crippen molar-refractivity contribution in [1.29, 1.82) is 5.26 Å². The van der Waals surface area contributed by atoms with Crippen LogP contribution in [0.3, 0.4) is 0 Å². The Labute approximate surface area is 92.8 Å². The summed E-state index contributed by atoms with van der Waals surface area (Å²) >= 11 is 0. The van der Waals surface area contributed by atoms with Gasteiger partial charge in [0.15, 0.2) is 0 Å². The summed E-state index contributed by atoms with van der Waals surface area (Å²) in [4.78, 5) is 0. The predicted octanol–water partition coefficient (Wildman–Crippen LogP) is 2.08. The first-order valence-corrected chi connectivity index (χ1v) is 6.01. The van der Waals surface area contributed by atoms with Crippen LogP contribution in [-0.2, 0) is 4.74 Å². The molecule has 0 heterocycles. The molecule has 3 heteroatoms. The van der Waals surface area contributed by atoms with Crippen molar-refractivity contribution in [1.82, 2.24) is 5.32 Å². The van der Waals surface area contributed by atoms with Gasteiger partial charge in [-0.3, -0.25) is 0 Å². The van der Waals surface area contributed by atoms with Crippen LogP contribution in [0.1, 0.15) is 38.5 Å². The number of hydrogen-bond acceptors (Lipinski definition) is 3. The summed E-state index contributed by atoms with van der Waals surface area (Å²) in [5.41, 5.74) is 0. The van der Waals surface area contributed by atoms with E-state index in [0.29, 0.717) is 6.61 Å². The van der Waals surface area contributed by atoms with Crippen LogP contribution in [0, 0.1) is 17.2 Å². The molecule has 0 aromatic rings. The summed E-state index contributed by atoms with van der Waals surface area (Å²) < 4.78 is 5.62. The lowest BCUT2D eigenvalue weighted by Crippen LogP contribution is -2.25. The molecule has 1 rings (SSSR count). The van der Waals surface area contributed by atoms with Crippen LogP contribution >= 0.6 is 0 Å². The molecule has 3 nitrogen and oxygen atoms in total. The topological polar surface area (TPSA) is 45.0 Å². The second kappa shape index (κ2) is 7.67. The number of ether oxygens (including phenoxy) is 1. The second-order valence-corrected chi connectivity index (χ2v) is 4.34. The summed E-state index contributed by atoms with van der Waals surface area (Å²) in [6.45, 7) is 1.59. The van der Waals surface area contributed by atoms with Crippen molar-refractivity contribution < 1.29 is 4.74 Å². The van der Waals surface area contributed by atoms with Gasteiger partial charge in [-0.15, -0.1) is 0 Å². The molecule has 0 aromatic carbocycles. The van der Waals surface area contributed by atoms with E-state index in [9.17, 15) is 0 Å². The van der Waals surface area contributed by atoms with Gasteiger partial charge in [0.1, 0.15) is 0 Å². The van der Waals surface area contributed by atoms with E-state index >= 15 is 0 Å². The Kier molecular flexibility index (Phi) is 6.38. The largest absolute Gasteiger partial charge is 0.381 e. The van der Waals surface area contributed by atoms with Crippen molar-refractivity contribution in [2.75, 3.05) is 20.3 Å². The maximum atomic E-state index is 8.71. The molecule has 0 amide bonds. The summed E-state index contributed by atoms with van der Waals surface area (Å²) in [5, 5.41) is 11.7. The van der Waals surface area contributed by atoms with Crippen LogP contribution in [0.25, 0.3) is 0 Å². The molecule has 0 spiro atoms. The van der Waals surface area contributed by atoms with E-state index in [4.69, 9.17) is 10.00 Å². The van der Waals surface area contributed by atoms with E-state index in [-0.39, 0.29) is 6.04 Å². The first-order chi connectivity index (χ1) is 7.36. The summed E-state index contributed by atoms with van der Waals surface area (Å²) in [5.74, 6) is 0.772. The van der Waals surface area contributed by atoms with Gasteiger partial charge in [0.2, 0.25) is 0 Å². The number of hydrogen-bond donors (Lipinski definition) is 1. The van der Waals surface area contributed by atoms with Crippen LogP contribution in [0.2, 0.25) is 0 Å². The Bertz CT molecular complexity index is 194. The van der Waals surface area contributed by atoms with Gasteiger partial charge in [-0.05, 0) is 32.2 Å². The van der Waals surface area contributed by atoms with Gasteiger partial charge in [-0.1, -0.05) is 19.3 Å². The molecular weight excluding hydrogens is 188 g/mol. The fourth-order valence-corrected chi connectivity index (χ4v) is 2.08. The fourth-order valence-electron chi connectivity index (χ4n) is 2.08. The van der Waals surface area contributed by atoms with Crippen LogP contribution in [0.15, 0.2) is 0 Å². The minimum atomic E-state index is -0.0589. The van der Waals surface area contributed by atoms with Gasteiger partial charge in [0.25, 0.3) is 0 Å². The number of nitrogens with one attached hydrogen (secondary N) is 1. The monoisotopic (exact) mass is 210 g/mol. The Morgan fingerprint density at radius 2 is 2.13 bits per heavy atom. The molecule has 15 heavy (non-hydrogen) atoms. The fraction of sp³-hybridized carbons (Fsp3) is 0.917. The first-order valence-electron chi connectivity index (χ1n) is 6.01. The Balaban J connectivity index is 1.98. The zero-order chi connectivity index (χ0) is 10.9. The lowest BCUT2D eigenvalue weighted by atomic mass is 9.90. The van der Waals surface area contributed by atoms with E-state index in [2.05, 4.69) is 11.4 Å². The Hall–Kier alpha value is -0.590. The molecule has 0 radical (unpaired) electrons. The summed E-state index contributed by atoms with van der Waals surface area (Å²) in [6, 6.07) is 2.14. The van der Waals surface area contributed by atoms with Crippen molar-refractivity contribution in [3.63, 3.8) is 0 Å². The molecule has 0 aliphatic heterocycles. The van der Waals surface area contributed by atoms with Crippen molar-refractivity contribution in [3.05, 3.63) is 0 Å². The van der Waals surface area contributed by atoms with Gasteiger partial charge >= 0.3 is 0 Å². The van der Waals surface area contributed by atoms with Gasteiger partial charge in [-0.25, -0.2) is 0 Å². The maximum Gasteiger partial charge on any atom is 0.0972 e. The molecule has 1 fully saturated rings. The predicted molar refractivity (Wildman–Crippen MR) is 60.5 cm³/mol. The molecule has 0 aromatic heterocycles. The van der Waals surface area contributed by atoms with Crippen LogP contribution in [0.5, 0.6) is 0 Å². The highest BCUT2D eigenvalue weighted by Crippen LogP contribution is 2.23. The van der Waals surface area contributed by atoms with Gasteiger partial charge in [0.05, 0.1) is 12.1 Å². The zero-order valence-corrected chi connectivity index (χ0v) is 9.67. The minimum Gasteiger partial charge on any atom is -0.381 e. The molecular formula is C12H22N2O. The third-order valence-electron chi connectivity index (χ3n) is 3.13. The Morgan fingerprint density at radius 3 is 2.73 bits per heavy atom. The SMILES string of the molecule is CNC(C#N)CCOCC1CCCCC1. The van der Waals surface area contributed by atoms with E-state index in [1.165, 1.54) is 32.1 Å². The number of nitrogens with zero attached hydrogens (tertiary/aromatic N) is 1. The van der Waals surface area contributed by atoms with E-state index < -0.39 is 0 Å². The third kappa shape index (κ3) is 5.15. The lowest BCUT2D eigenvalue weighted by Gasteiger charge is -2.21. The quantitative estimate of drug-likeness (QED) is 0.683. The maximum absolute atomic E-state index is 8.71. The molecule has 0 bridgehead atoms. The highest BCUT2D eigenvalue weighted by molar-refractivity contribution is 4.88. The molecule has 1 unspecified atom stereocenters. The summed E-state index contributed by atoms with van der Waals surface area (Å²) in [7, 11) is 1.81. The molecule has 0 saturated heterocycles. The summed E-state index contributed by atoms with van der Waals surface area (Å²) in [6.07, 6.45) is 7.57. The van der Waals surface area contributed by atoms with Crippen LogP contribution in [0.4, 0.5) is 0 Å². The van der Waals surface area contributed by atoms with Gasteiger partial charge in [0, 0.05) is 13.2 Å². The number of nitriles is 1. The zero-order valence-electron chi connectivity index (χ0n) is 9.67. The van der Waals surface area contributed by atoms with Crippen molar-refractivity contribution in [3.8, 4) is 6.07 Å². The van der Waals surface area contributed by atoms with Gasteiger partial charge < -0.3 is 10.1 Å². The van der Waals surface area contributed by atoms with Gasteiger partial charge in [-0.2, -0.15) is 5.26 Å². The minimum absolute atomic E-state index is 0.0589. The lowest BCUT2D eigenvalue weighted by molar-refractivity contribution is 0.0815. The highest BCUT2D eigenvalue weighted by atomic mass is 16.5. The molecule has 1 aliphatic rings. The second-order valence-electron chi connectivity index (χ2n) is 4.34. The molecule has 1 saturated carbocycles.